The molecular weight excluding hydrogens is 228 g/mol. The lowest BCUT2D eigenvalue weighted by Crippen LogP contribution is -2.35. The first-order valence-corrected chi connectivity index (χ1v) is 6.33. The number of aryl methyl sites for hydroxylation is 2. The third kappa shape index (κ3) is 4.75. The number of amides is 2. The minimum atomic E-state index is -0.473. The molecule has 0 aliphatic rings. The van der Waals surface area contributed by atoms with Crippen molar-refractivity contribution in [3.8, 4) is 0 Å². The minimum absolute atomic E-state index is 0.279. The van der Waals surface area contributed by atoms with Gasteiger partial charge in [0.05, 0.1) is 6.10 Å². The fourth-order valence-corrected chi connectivity index (χ4v) is 1.68. The van der Waals surface area contributed by atoms with Crippen LogP contribution in [-0.2, 0) is 0 Å². The van der Waals surface area contributed by atoms with E-state index in [4.69, 9.17) is 0 Å². The molecule has 0 aromatic heterocycles. The van der Waals surface area contributed by atoms with Crippen LogP contribution in [0.5, 0.6) is 0 Å². The fourth-order valence-electron chi connectivity index (χ4n) is 1.68. The third-order valence-corrected chi connectivity index (χ3v) is 2.76. The average molecular weight is 250 g/mol. The monoisotopic (exact) mass is 250 g/mol. The lowest BCUT2D eigenvalue weighted by Gasteiger charge is -2.13. The van der Waals surface area contributed by atoms with Crippen LogP contribution in [0.3, 0.4) is 0 Å². The summed E-state index contributed by atoms with van der Waals surface area (Å²) in [4.78, 5) is 11.7. The number of carbonyl (C=O) groups is 1. The molecule has 0 spiro atoms. The number of anilines is 1. The van der Waals surface area contributed by atoms with Gasteiger partial charge in [-0.1, -0.05) is 25.5 Å². The summed E-state index contributed by atoms with van der Waals surface area (Å²) in [6.07, 6.45) is 1.13. The van der Waals surface area contributed by atoms with Crippen LogP contribution in [0.1, 0.15) is 30.9 Å². The number of aliphatic hydroxyl groups excluding tert-OH is 1. The number of hydrogen-bond donors (Lipinski definition) is 3. The van der Waals surface area contributed by atoms with E-state index in [1.165, 1.54) is 0 Å². The van der Waals surface area contributed by atoms with Gasteiger partial charge in [-0.25, -0.2) is 4.79 Å². The SMILES string of the molecule is CCCC(O)CNC(=O)Nc1cc(C)ccc1C. The van der Waals surface area contributed by atoms with Crippen molar-refractivity contribution in [1.82, 2.24) is 5.32 Å². The normalized spacial score (nSPS) is 12.0. The second-order valence-corrected chi connectivity index (χ2v) is 4.60. The van der Waals surface area contributed by atoms with Crippen molar-refractivity contribution >= 4 is 11.7 Å². The summed E-state index contributed by atoms with van der Waals surface area (Å²) in [6, 6.07) is 5.62. The minimum Gasteiger partial charge on any atom is -0.391 e. The Kier molecular flexibility index (Phi) is 5.65. The molecule has 1 atom stereocenters. The summed E-state index contributed by atoms with van der Waals surface area (Å²) < 4.78 is 0. The van der Waals surface area contributed by atoms with Gasteiger partial charge in [-0.3, -0.25) is 0 Å². The molecule has 0 fully saturated rings. The van der Waals surface area contributed by atoms with Crippen LogP contribution < -0.4 is 10.6 Å². The molecule has 1 rings (SSSR count). The summed E-state index contributed by atoms with van der Waals surface area (Å²) in [5.74, 6) is 0. The Morgan fingerprint density at radius 3 is 2.78 bits per heavy atom. The van der Waals surface area contributed by atoms with Gasteiger partial charge in [-0.05, 0) is 37.5 Å². The second kappa shape index (κ2) is 7.01. The molecule has 0 heterocycles. The van der Waals surface area contributed by atoms with Crippen molar-refractivity contribution in [2.45, 2.75) is 39.7 Å². The van der Waals surface area contributed by atoms with Crippen molar-refractivity contribution < 1.29 is 9.90 Å². The highest BCUT2D eigenvalue weighted by Gasteiger charge is 2.07. The Labute approximate surface area is 108 Å². The molecule has 3 N–H and O–H groups in total. The molecule has 4 heteroatoms. The first kappa shape index (κ1) is 14.5. The summed E-state index contributed by atoms with van der Waals surface area (Å²) in [7, 11) is 0. The van der Waals surface area contributed by atoms with Gasteiger partial charge < -0.3 is 15.7 Å². The first-order chi connectivity index (χ1) is 8.52. The molecule has 18 heavy (non-hydrogen) atoms. The number of nitrogens with one attached hydrogen (secondary N) is 2. The highest BCUT2D eigenvalue weighted by Crippen LogP contribution is 2.15. The van der Waals surface area contributed by atoms with Gasteiger partial charge in [-0.2, -0.15) is 0 Å². The number of carbonyl (C=O) groups excluding carboxylic acids is 1. The lowest BCUT2D eigenvalue weighted by atomic mass is 10.1. The van der Waals surface area contributed by atoms with E-state index in [1.54, 1.807) is 0 Å². The zero-order valence-corrected chi connectivity index (χ0v) is 11.3. The van der Waals surface area contributed by atoms with Crippen LogP contribution in [0, 0.1) is 13.8 Å². The molecule has 1 aromatic carbocycles. The molecule has 1 unspecified atom stereocenters. The smallest absolute Gasteiger partial charge is 0.319 e. The summed E-state index contributed by atoms with van der Waals surface area (Å²) in [6.45, 7) is 6.21. The van der Waals surface area contributed by atoms with Crippen LogP contribution in [0.25, 0.3) is 0 Å². The highest BCUT2D eigenvalue weighted by molar-refractivity contribution is 5.90. The zero-order chi connectivity index (χ0) is 13.5. The van der Waals surface area contributed by atoms with E-state index in [1.807, 2.05) is 39.0 Å². The molecule has 100 valence electrons. The number of urea groups is 1. The molecule has 0 saturated carbocycles. The fraction of sp³-hybridized carbons (Fsp3) is 0.500. The van der Waals surface area contributed by atoms with E-state index in [0.29, 0.717) is 6.42 Å². The van der Waals surface area contributed by atoms with E-state index < -0.39 is 6.10 Å². The number of rotatable bonds is 5. The number of aliphatic hydroxyl groups is 1. The van der Waals surface area contributed by atoms with Crippen LogP contribution in [0.15, 0.2) is 18.2 Å². The largest absolute Gasteiger partial charge is 0.391 e. The van der Waals surface area contributed by atoms with E-state index in [9.17, 15) is 9.90 Å². The summed E-state index contributed by atoms with van der Waals surface area (Å²) >= 11 is 0. The van der Waals surface area contributed by atoms with Crippen molar-refractivity contribution in [2.24, 2.45) is 0 Å². The van der Waals surface area contributed by atoms with Gasteiger partial charge in [-0.15, -0.1) is 0 Å². The number of benzene rings is 1. The molecule has 0 radical (unpaired) electrons. The van der Waals surface area contributed by atoms with Gasteiger partial charge in [0.1, 0.15) is 0 Å². The van der Waals surface area contributed by atoms with Gasteiger partial charge in [0.15, 0.2) is 0 Å². The standard InChI is InChI=1S/C14H22N2O2/c1-4-5-12(17)9-15-14(18)16-13-8-10(2)6-7-11(13)3/h6-8,12,17H,4-5,9H2,1-3H3,(H2,15,16,18). The zero-order valence-electron chi connectivity index (χ0n) is 11.3. The number of hydrogen-bond acceptors (Lipinski definition) is 2. The Morgan fingerprint density at radius 2 is 2.11 bits per heavy atom. The Morgan fingerprint density at radius 1 is 1.39 bits per heavy atom. The third-order valence-electron chi connectivity index (χ3n) is 2.76. The maximum atomic E-state index is 11.7. The quantitative estimate of drug-likeness (QED) is 0.752. The average Bonchev–Trinajstić information content (AvgIpc) is 2.32. The van der Waals surface area contributed by atoms with Crippen molar-refractivity contribution in [3.63, 3.8) is 0 Å². The van der Waals surface area contributed by atoms with Crippen LogP contribution in [0.4, 0.5) is 10.5 Å². The molecule has 2 amide bonds. The first-order valence-electron chi connectivity index (χ1n) is 6.33. The lowest BCUT2D eigenvalue weighted by molar-refractivity contribution is 0.162. The van der Waals surface area contributed by atoms with Gasteiger partial charge >= 0.3 is 6.03 Å². The highest BCUT2D eigenvalue weighted by atomic mass is 16.3. The van der Waals surface area contributed by atoms with E-state index in [0.717, 1.165) is 23.2 Å². The summed E-state index contributed by atoms with van der Waals surface area (Å²) in [5, 5.41) is 15.0. The molecule has 0 saturated heterocycles. The van der Waals surface area contributed by atoms with Crippen molar-refractivity contribution in [2.75, 3.05) is 11.9 Å². The molecule has 0 aliphatic heterocycles. The Balaban J connectivity index is 2.47. The Hall–Kier alpha value is -1.55. The van der Waals surface area contributed by atoms with Crippen molar-refractivity contribution in [1.29, 1.82) is 0 Å². The molecule has 0 aliphatic carbocycles. The topological polar surface area (TPSA) is 61.4 Å². The molecular formula is C14H22N2O2. The van der Waals surface area contributed by atoms with Crippen molar-refractivity contribution in [3.05, 3.63) is 29.3 Å². The second-order valence-electron chi connectivity index (χ2n) is 4.60. The maximum absolute atomic E-state index is 11.7. The maximum Gasteiger partial charge on any atom is 0.319 e. The summed E-state index contributed by atoms with van der Waals surface area (Å²) in [5.41, 5.74) is 2.92. The Bertz CT molecular complexity index is 405. The van der Waals surface area contributed by atoms with E-state index in [-0.39, 0.29) is 12.6 Å². The van der Waals surface area contributed by atoms with Crippen LogP contribution in [0.2, 0.25) is 0 Å². The van der Waals surface area contributed by atoms with E-state index in [2.05, 4.69) is 10.6 Å². The predicted octanol–water partition coefficient (Wildman–Crippen LogP) is 2.59. The van der Waals surface area contributed by atoms with Gasteiger partial charge in [0.25, 0.3) is 0 Å². The predicted molar refractivity (Wildman–Crippen MR) is 73.9 cm³/mol. The molecule has 1 aromatic rings. The molecule has 4 nitrogen and oxygen atoms in total. The molecule has 0 bridgehead atoms. The van der Waals surface area contributed by atoms with Crippen LogP contribution >= 0.6 is 0 Å². The van der Waals surface area contributed by atoms with E-state index >= 15 is 0 Å². The van der Waals surface area contributed by atoms with Gasteiger partial charge in [0, 0.05) is 12.2 Å². The van der Waals surface area contributed by atoms with Crippen LogP contribution in [-0.4, -0.2) is 23.8 Å². The van der Waals surface area contributed by atoms with Gasteiger partial charge in [0.2, 0.25) is 0 Å².